The van der Waals surface area contributed by atoms with Crippen LogP contribution in [0.4, 0.5) is 5.69 Å². The van der Waals surface area contributed by atoms with Crippen molar-refractivity contribution in [3.8, 4) is 0 Å². The predicted octanol–water partition coefficient (Wildman–Crippen LogP) is 3.56. The van der Waals surface area contributed by atoms with Gasteiger partial charge in [-0.05, 0) is 51.7 Å². The molecular formula is C22H32N4O. The number of rotatable bonds is 1. The van der Waals surface area contributed by atoms with Gasteiger partial charge in [0.15, 0.2) is 0 Å². The number of likely N-dealkylation sites (tertiary alicyclic amines) is 1. The molecule has 5 heteroatoms. The molecule has 27 heavy (non-hydrogen) atoms. The molecule has 4 rings (SSSR count). The van der Waals surface area contributed by atoms with Crippen molar-refractivity contribution < 1.29 is 4.79 Å². The smallest absolute Gasteiger partial charge is 0.225 e. The molecule has 2 fully saturated rings. The van der Waals surface area contributed by atoms with Crippen molar-refractivity contribution >= 4 is 17.4 Å². The minimum atomic E-state index is -0.291. The van der Waals surface area contributed by atoms with Crippen LogP contribution in [0.15, 0.2) is 29.3 Å². The Morgan fingerprint density at radius 3 is 2.70 bits per heavy atom. The van der Waals surface area contributed by atoms with Gasteiger partial charge >= 0.3 is 0 Å². The Morgan fingerprint density at radius 2 is 1.96 bits per heavy atom. The van der Waals surface area contributed by atoms with E-state index >= 15 is 0 Å². The number of nitrogens with zero attached hydrogens (tertiary/aromatic N) is 2. The highest BCUT2D eigenvalue weighted by Crippen LogP contribution is 2.33. The number of carbonyl (C=O) groups is 1. The van der Waals surface area contributed by atoms with E-state index < -0.39 is 0 Å². The maximum atomic E-state index is 13.0. The Hall–Kier alpha value is -1.88. The van der Waals surface area contributed by atoms with Gasteiger partial charge in [0.25, 0.3) is 0 Å². The lowest BCUT2D eigenvalue weighted by atomic mass is 9.95. The van der Waals surface area contributed by atoms with Gasteiger partial charge in [-0.1, -0.05) is 31.0 Å². The predicted molar refractivity (Wildman–Crippen MR) is 110 cm³/mol. The fourth-order valence-electron chi connectivity index (χ4n) is 4.63. The molecule has 1 atom stereocenters. The first-order valence-electron chi connectivity index (χ1n) is 10.4. The zero-order chi connectivity index (χ0) is 19.1. The van der Waals surface area contributed by atoms with E-state index in [1.165, 1.54) is 18.4 Å². The van der Waals surface area contributed by atoms with E-state index in [1.54, 1.807) is 0 Å². The van der Waals surface area contributed by atoms with Crippen molar-refractivity contribution in [3.05, 3.63) is 29.8 Å². The van der Waals surface area contributed by atoms with Crippen LogP contribution in [0.1, 0.15) is 58.4 Å². The van der Waals surface area contributed by atoms with Gasteiger partial charge in [0.2, 0.25) is 5.91 Å². The zero-order valence-electron chi connectivity index (χ0n) is 16.8. The number of amides is 1. The fourth-order valence-corrected chi connectivity index (χ4v) is 4.63. The molecule has 1 aliphatic carbocycles. The molecule has 0 unspecified atom stereocenters. The molecule has 0 aromatic heterocycles. The summed E-state index contributed by atoms with van der Waals surface area (Å²) in [4.78, 5) is 20.1. The second kappa shape index (κ2) is 6.93. The van der Waals surface area contributed by atoms with Gasteiger partial charge in [0, 0.05) is 31.2 Å². The molecule has 1 aromatic carbocycles. The largest absolute Gasteiger partial charge is 0.342 e. The standard InChI is InChI=1S/C22H32N4O/c1-21(2,3)25-20-22(23-14-17-10-6-7-11-18(17)24-20)12-13-26(15-22)19(27)16-8-4-5-9-16/h6-7,10-11,16,23H,4-5,8-9,12-15H2,1-3H3,(H,24,25)/t22-/m1/s1. The Kier molecular flexibility index (Phi) is 4.75. The third-order valence-electron chi connectivity index (χ3n) is 6.07. The fraction of sp³-hybridized carbons (Fsp3) is 0.636. The van der Waals surface area contributed by atoms with Gasteiger partial charge < -0.3 is 10.2 Å². The molecule has 146 valence electrons. The van der Waals surface area contributed by atoms with E-state index in [2.05, 4.69) is 60.6 Å². The van der Waals surface area contributed by atoms with Crippen molar-refractivity contribution in [2.45, 2.75) is 70.5 Å². The van der Waals surface area contributed by atoms with Crippen LogP contribution in [0.25, 0.3) is 0 Å². The van der Waals surface area contributed by atoms with Crippen molar-refractivity contribution in [3.63, 3.8) is 0 Å². The molecule has 1 spiro atoms. The average molecular weight is 369 g/mol. The Bertz CT molecular complexity index is 745. The summed E-state index contributed by atoms with van der Waals surface area (Å²) in [5.74, 6) is 1.56. The summed E-state index contributed by atoms with van der Waals surface area (Å²) in [6.07, 6.45) is 5.41. The Morgan fingerprint density at radius 1 is 1.22 bits per heavy atom. The molecule has 1 saturated heterocycles. The second-order valence-electron chi connectivity index (χ2n) is 9.34. The van der Waals surface area contributed by atoms with E-state index in [4.69, 9.17) is 4.99 Å². The van der Waals surface area contributed by atoms with Crippen LogP contribution >= 0.6 is 0 Å². The van der Waals surface area contributed by atoms with Crippen LogP contribution in [-0.4, -0.2) is 40.8 Å². The van der Waals surface area contributed by atoms with E-state index in [0.29, 0.717) is 12.5 Å². The topological polar surface area (TPSA) is 56.7 Å². The minimum absolute atomic E-state index is 0.181. The molecule has 1 aromatic rings. The summed E-state index contributed by atoms with van der Waals surface area (Å²) in [5, 5.41) is 7.40. The first kappa shape index (κ1) is 18.5. The summed E-state index contributed by atoms with van der Waals surface area (Å²) in [6, 6.07) is 8.40. The first-order chi connectivity index (χ1) is 12.9. The first-order valence-corrected chi connectivity index (χ1v) is 10.4. The average Bonchev–Trinajstić information content (AvgIpc) is 3.27. The van der Waals surface area contributed by atoms with Crippen molar-refractivity contribution in [1.82, 2.24) is 10.2 Å². The number of carbonyl (C=O) groups excluding carboxylic acids is 1. The van der Waals surface area contributed by atoms with Gasteiger partial charge in [-0.25, -0.2) is 0 Å². The van der Waals surface area contributed by atoms with Crippen molar-refractivity contribution in [1.29, 1.82) is 0 Å². The van der Waals surface area contributed by atoms with Crippen LogP contribution < -0.4 is 10.6 Å². The van der Waals surface area contributed by atoms with Gasteiger partial charge in [-0.2, -0.15) is 0 Å². The Balaban J connectivity index is 1.63. The maximum absolute atomic E-state index is 13.0. The quantitative estimate of drug-likeness (QED) is 0.797. The summed E-state index contributed by atoms with van der Waals surface area (Å²) in [6.45, 7) is 8.69. The summed E-state index contributed by atoms with van der Waals surface area (Å²) < 4.78 is 0. The van der Waals surface area contributed by atoms with Crippen molar-refractivity contribution in [2.75, 3.05) is 18.4 Å². The van der Waals surface area contributed by atoms with Crippen LogP contribution in [0.3, 0.4) is 0 Å². The van der Waals surface area contributed by atoms with E-state index in [0.717, 1.165) is 43.9 Å². The highest BCUT2D eigenvalue weighted by Gasteiger charge is 2.46. The number of benzene rings is 1. The van der Waals surface area contributed by atoms with E-state index in [1.807, 2.05) is 0 Å². The molecule has 1 saturated carbocycles. The summed E-state index contributed by atoms with van der Waals surface area (Å²) in [7, 11) is 0. The third kappa shape index (κ3) is 3.75. The minimum Gasteiger partial charge on any atom is -0.342 e. The number of anilines is 1. The third-order valence-corrected chi connectivity index (χ3v) is 6.07. The number of para-hydroxylation sites is 1. The van der Waals surface area contributed by atoms with Crippen LogP contribution in [-0.2, 0) is 11.3 Å². The molecule has 2 heterocycles. The van der Waals surface area contributed by atoms with Gasteiger partial charge in [0.05, 0.1) is 11.1 Å². The molecule has 1 amide bonds. The number of fused-ring (bicyclic) bond motifs is 1. The lowest BCUT2D eigenvalue weighted by molar-refractivity contribution is -0.134. The summed E-state index contributed by atoms with van der Waals surface area (Å²) in [5.41, 5.74) is 1.89. The molecular weight excluding hydrogens is 336 g/mol. The van der Waals surface area contributed by atoms with Gasteiger partial charge in [0.1, 0.15) is 5.84 Å². The molecule has 5 nitrogen and oxygen atoms in total. The van der Waals surface area contributed by atoms with E-state index in [9.17, 15) is 4.79 Å². The van der Waals surface area contributed by atoms with Crippen LogP contribution in [0.5, 0.6) is 0 Å². The van der Waals surface area contributed by atoms with Crippen LogP contribution in [0.2, 0.25) is 0 Å². The number of aliphatic imine (C=N–C) groups is 1. The zero-order valence-corrected chi connectivity index (χ0v) is 16.8. The lowest BCUT2D eigenvalue weighted by Crippen LogP contribution is -2.56. The van der Waals surface area contributed by atoms with E-state index in [-0.39, 0.29) is 17.0 Å². The Labute approximate surface area is 162 Å². The highest BCUT2D eigenvalue weighted by atomic mass is 16.2. The normalized spacial score (nSPS) is 27.7. The number of nitrogens with one attached hydrogen (secondary N) is 2. The molecule has 0 bridgehead atoms. The van der Waals surface area contributed by atoms with Gasteiger partial charge in [-0.3, -0.25) is 15.1 Å². The lowest BCUT2D eigenvalue weighted by Gasteiger charge is -2.32. The molecule has 3 aliphatic rings. The monoisotopic (exact) mass is 368 g/mol. The molecule has 0 radical (unpaired) electrons. The van der Waals surface area contributed by atoms with Crippen molar-refractivity contribution in [2.24, 2.45) is 10.9 Å². The maximum Gasteiger partial charge on any atom is 0.225 e. The number of amidine groups is 1. The number of hydrogen-bond donors (Lipinski definition) is 2. The number of hydrogen-bond acceptors (Lipinski definition) is 3. The molecule has 2 aliphatic heterocycles. The summed E-state index contributed by atoms with van der Waals surface area (Å²) >= 11 is 0. The second-order valence-corrected chi connectivity index (χ2v) is 9.34. The highest BCUT2D eigenvalue weighted by molar-refractivity contribution is 6.04. The van der Waals surface area contributed by atoms with Gasteiger partial charge in [-0.15, -0.1) is 0 Å². The van der Waals surface area contributed by atoms with Crippen LogP contribution in [0, 0.1) is 5.92 Å². The SMILES string of the molecule is CC(C)(C)N=C1Nc2ccccc2CN[C@@]12CCN(C(=O)C1CCCC1)C2. The molecule has 2 N–H and O–H groups in total.